The Morgan fingerprint density at radius 3 is 2.76 bits per heavy atom. The fraction of sp³-hybridized carbons (Fsp3) is 0.452. The van der Waals surface area contributed by atoms with Crippen LogP contribution in [0.2, 0.25) is 0 Å². The van der Waals surface area contributed by atoms with Crippen LogP contribution >= 0.6 is 11.3 Å². The van der Waals surface area contributed by atoms with E-state index in [1.165, 1.54) is 0 Å². The number of hydrogen-bond donors (Lipinski definition) is 1. The molecule has 1 aromatic carbocycles. The van der Waals surface area contributed by atoms with E-state index in [0.717, 1.165) is 30.5 Å². The summed E-state index contributed by atoms with van der Waals surface area (Å²) in [5.41, 5.74) is 0.619. The first-order valence-corrected chi connectivity index (χ1v) is 15.4. The van der Waals surface area contributed by atoms with E-state index in [2.05, 4.69) is 31.2 Å². The zero-order chi connectivity index (χ0) is 32.0. The molecular formula is C31H33F2N7O4S. The van der Waals surface area contributed by atoms with E-state index in [1.807, 2.05) is 19.0 Å². The highest BCUT2D eigenvalue weighted by atomic mass is 32.1. The van der Waals surface area contributed by atoms with Gasteiger partial charge in [-0.2, -0.15) is 5.26 Å². The summed E-state index contributed by atoms with van der Waals surface area (Å²) in [6.45, 7) is 8.06. The third kappa shape index (κ3) is 6.00. The van der Waals surface area contributed by atoms with Gasteiger partial charge >= 0.3 is 6.09 Å². The Kier molecular flexibility index (Phi) is 8.30. The number of ether oxygens (including phenoxy) is 3. The number of nitrogens with one attached hydrogen (secondary N) is 1. The lowest BCUT2D eigenvalue weighted by Crippen LogP contribution is -2.27. The van der Waals surface area contributed by atoms with Gasteiger partial charge in [0.2, 0.25) is 5.95 Å². The number of thiophene rings is 1. The standard InChI is InChI=1S/C31H33F2N7O4S/c1-31(2,3)44-30(41)38-28-17(10-34)23-26(35-12-21(32)27(23)45-28)22-20-15-42-14-19(20)18-11-36-29(37-25(18)24(22)33)40-7-6-16(13-40)43-9-8-39(4)5/h11-12,16H,6-9,13-15H2,1-5H3,(H,38,41)/t16-/m0/s1. The fourth-order valence-electron chi connectivity index (χ4n) is 5.60. The maximum atomic E-state index is 16.8. The maximum absolute atomic E-state index is 16.8. The number of pyridine rings is 1. The number of nitrogens with zero attached hydrogens (tertiary/aromatic N) is 6. The quantitative estimate of drug-likeness (QED) is 0.274. The minimum atomic E-state index is -0.803. The summed E-state index contributed by atoms with van der Waals surface area (Å²) in [5.74, 6) is -1.00. The smallest absolute Gasteiger partial charge is 0.412 e. The number of halogens is 2. The second-order valence-corrected chi connectivity index (χ2v) is 13.3. The lowest BCUT2D eigenvalue weighted by atomic mass is 9.94. The summed E-state index contributed by atoms with van der Waals surface area (Å²) in [6, 6.07) is 2.05. The van der Waals surface area contributed by atoms with E-state index in [0.29, 0.717) is 42.2 Å². The molecule has 1 amide bonds. The van der Waals surface area contributed by atoms with Gasteiger partial charge < -0.3 is 24.0 Å². The molecule has 5 heterocycles. The molecule has 0 radical (unpaired) electrons. The van der Waals surface area contributed by atoms with Crippen LogP contribution in [0.3, 0.4) is 0 Å². The molecule has 4 aromatic rings. The predicted molar refractivity (Wildman–Crippen MR) is 166 cm³/mol. The van der Waals surface area contributed by atoms with Crippen LogP contribution < -0.4 is 10.2 Å². The zero-order valence-electron chi connectivity index (χ0n) is 25.7. The average Bonchev–Trinajstić information content (AvgIpc) is 3.72. The van der Waals surface area contributed by atoms with Crippen LogP contribution in [0.4, 0.5) is 24.5 Å². The summed E-state index contributed by atoms with van der Waals surface area (Å²) in [6.07, 6.45) is 2.61. The van der Waals surface area contributed by atoms with Gasteiger partial charge in [0, 0.05) is 42.2 Å². The summed E-state index contributed by atoms with van der Waals surface area (Å²) in [5, 5.41) is 13.4. The molecule has 6 rings (SSSR count). The van der Waals surface area contributed by atoms with E-state index < -0.39 is 23.3 Å². The Labute approximate surface area is 262 Å². The summed E-state index contributed by atoms with van der Waals surface area (Å²) in [7, 11) is 3.98. The molecule has 0 spiro atoms. The molecule has 2 aliphatic rings. The maximum Gasteiger partial charge on any atom is 0.412 e. The van der Waals surface area contributed by atoms with Crippen molar-refractivity contribution in [1.29, 1.82) is 5.26 Å². The van der Waals surface area contributed by atoms with Crippen LogP contribution in [-0.4, -0.2) is 78.0 Å². The molecular weight excluding hydrogens is 604 g/mol. The van der Waals surface area contributed by atoms with Gasteiger partial charge in [0.25, 0.3) is 0 Å². The molecule has 1 N–H and O–H groups in total. The molecule has 0 bridgehead atoms. The number of anilines is 2. The molecule has 0 unspecified atom stereocenters. The van der Waals surface area contributed by atoms with Crippen molar-refractivity contribution < 1.29 is 27.8 Å². The van der Waals surface area contributed by atoms with Gasteiger partial charge in [-0.05, 0) is 52.4 Å². The number of aromatic nitrogens is 3. The second kappa shape index (κ2) is 12.1. The molecule has 45 heavy (non-hydrogen) atoms. The molecule has 1 atom stereocenters. The molecule has 14 heteroatoms. The number of benzene rings is 1. The van der Waals surface area contributed by atoms with E-state index in [9.17, 15) is 10.1 Å². The molecule has 11 nitrogen and oxygen atoms in total. The van der Waals surface area contributed by atoms with Crippen molar-refractivity contribution in [2.24, 2.45) is 0 Å². The largest absolute Gasteiger partial charge is 0.444 e. The molecule has 1 fully saturated rings. The van der Waals surface area contributed by atoms with E-state index in [4.69, 9.17) is 14.2 Å². The number of likely N-dealkylation sites (N-methyl/N-ethyl adjacent to an activating group) is 1. The van der Waals surface area contributed by atoms with Crippen LogP contribution in [0.1, 0.15) is 43.9 Å². The highest BCUT2D eigenvalue weighted by Gasteiger charge is 2.32. The molecule has 236 valence electrons. The first-order valence-electron chi connectivity index (χ1n) is 14.6. The summed E-state index contributed by atoms with van der Waals surface area (Å²) >= 11 is 0.858. The predicted octanol–water partition coefficient (Wildman–Crippen LogP) is 5.59. The van der Waals surface area contributed by atoms with Gasteiger partial charge in [-0.3, -0.25) is 10.3 Å². The molecule has 1 saturated heterocycles. The van der Waals surface area contributed by atoms with Gasteiger partial charge in [0.15, 0.2) is 11.6 Å². The van der Waals surface area contributed by atoms with E-state index in [-0.39, 0.29) is 56.7 Å². The Morgan fingerprint density at radius 2 is 2.02 bits per heavy atom. The number of hydrogen-bond acceptors (Lipinski definition) is 11. The third-order valence-corrected chi connectivity index (χ3v) is 8.75. The lowest BCUT2D eigenvalue weighted by molar-refractivity contribution is 0.0580. The Balaban J connectivity index is 1.44. The minimum Gasteiger partial charge on any atom is -0.444 e. The van der Waals surface area contributed by atoms with Crippen molar-refractivity contribution in [2.75, 3.05) is 50.6 Å². The van der Waals surface area contributed by atoms with E-state index in [1.54, 1.807) is 27.0 Å². The van der Waals surface area contributed by atoms with Crippen LogP contribution in [0, 0.1) is 23.0 Å². The highest BCUT2D eigenvalue weighted by Crippen LogP contribution is 2.46. The fourth-order valence-corrected chi connectivity index (χ4v) is 6.64. The normalized spacial score (nSPS) is 16.5. The molecule has 0 aliphatic carbocycles. The van der Waals surface area contributed by atoms with E-state index >= 15 is 8.78 Å². The number of carbonyl (C=O) groups excluding carboxylic acids is 1. The number of amides is 1. The van der Waals surface area contributed by atoms with Crippen molar-refractivity contribution in [1.82, 2.24) is 19.9 Å². The first kappa shape index (κ1) is 31.0. The van der Waals surface area contributed by atoms with Gasteiger partial charge in [-0.25, -0.2) is 23.5 Å². The van der Waals surface area contributed by atoms with Crippen LogP contribution in [0.5, 0.6) is 0 Å². The monoisotopic (exact) mass is 637 g/mol. The van der Waals surface area contributed by atoms with Crippen molar-refractivity contribution in [3.63, 3.8) is 0 Å². The minimum absolute atomic E-state index is 0.0150. The molecule has 0 saturated carbocycles. The van der Waals surface area contributed by atoms with Crippen molar-refractivity contribution in [2.45, 2.75) is 52.1 Å². The van der Waals surface area contributed by atoms with Gasteiger partial charge in [-0.1, -0.05) is 0 Å². The Morgan fingerprint density at radius 1 is 1.24 bits per heavy atom. The summed E-state index contributed by atoms with van der Waals surface area (Å²) in [4.78, 5) is 30.1. The van der Waals surface area contributed by atoms with Gasteiger partial charge in [-0.15, -0.1) is 11.3 Å². The third-order valence-electron chi connectivity index (χ3n) is 7.64. The van der Waals surface area contributed by atoms with Crippen molar-refractivity contribution >= 4 is 49.4 Å². The lowest BCUT2D eigenvalue weighted by Gasteiger charge is -2.19. The van der Waals surface area contributed by atoms with Crippen molar-refractivity contribution in [3.05, 3.63) is 40.7 Å². The van der Waals surface area contributed by atoms with Gasteiger partial charge in [0.1, 0.15) is 22.2 Å². The molecule has 2 aliphatic heterocycles. The number of carbonyl (C=O) groups is 1. The first-order chi connectivity index (χ1) is 21.4. The number of fused-ring (bicyclic) bond motifs is 4. The van der Waals surface area contributed by atoms with Crippen LogP contribution in [0.15, 0.2) is 12.4 Å². The highest BCUT2D eigenvalue weighted by molar-refractivity contribution is 7.23. The number of nitriles is 1. The second-order valence-electron chi connectivity index (χ2n) is 12.3. The average molecular weight is 638 g/mol. The topological polar surface area (TPSA) is 126 Å². The molecule has 3 aromatic heterocycles. The Bertz CT molecular complexity index is 1850. The SMILES string of the molecule is CN(C)CCO[C@H]1CCN(c2ncc3c4c(c(-c5ncc(F)c6sc(NC(=O)OC(C)(C)C)c(C#N)c56)c(F)c3n2)COC4)C1. The van der Waals surface area contributed by atoms with Crippen molar-refractivity contribution in [3.8, 4) is 17.3 Å². The Hall–Kier alpha value is -4.03. The number of rotatable bonds is 7. The summed E-state index contributed by atoms with van der Waals surface area (Å²) < 4.78 is 49.1. The van der Waals surface area contributed by atoms with Crippen LogP contribution in [-0.2, 0) is 27.4 Å². The van der Waals surface area contributed by atoms with Crippen LogP contribution in [0.25, 0.3) is 32.2 Å². The van der Waals surface area contributed by atoms with Gasteiger partial charge in [0.05, 0.1) is 48.1 Å². The zero-order valence-corrected chi connectivity index (χ0v) is 26.5.